The third kappa shape index (κ3) is 1.99. The maximum Gasteiger partial charge on any atom is 0.0758 e. The summed E-state index contributed by atoms with van der Waals surface area (Å²) in [4.78, 5) is 4.55. The summed E-state index contributed by atoms with van der Waals surface area (Å²) in [5.74, 6) is 0. The Morgan fingerprint density at radius 2 is 2.19 bits per heavy atom. The number of pyridine rings is 1. The van der Waals surface area contributed by atoms with Crippen LogP contribution in [0, 0.1) is 6.92 Å². The fourth-order valence-electron chi connectivity index (χ4n) is 1.88. The molecule has 0 saturated carbocycles. The Labute approximate surface area is 95.2 Å². The molecule has 0 aliphatic heterocycles. The molecule has 2 rings (SSSR count). The average molecular weight is 216 g/mol. The van der Waals surface area contributed by atoms with Crippen LogP contribution in [-0.2, 0) is 11.2 Å². The van der Waals surface area contributed by atoms with Gasteiger partial charge < -0.3 is 10.5 Å². The molecule has 3 nitrogen and oxygen atoms in total. The molecule has 1 aromatic heterocycles. The molecule has 1 aromatic carbocycles. The lowest BCUT2D eigenvalue weighted by Gasteiger charge is -2.08. The predicted octanol–water partition coefficient (Wildman–Crippen LogP) is 2.31. The summed E-state index contributed by atoms with van der Waals surface area (Å²) in [6.07, 6.45) is 0.865. The van der Waals surface area contributed by atoms with Crippen LogP contribution >= 0.6 is 0 Å². The van der Waals surface area contributed by atoms with Crippen molar-refractivity contribution < 1.29 is 4.74 Å². The highest BCUT2D eigenvalue weighted by molar-refractivity contribution is 5.92. The molecule has 1 heterocycles. The zero-order chi connectivity index (χ0) is 11.5. The maximum absolute atomic E-state index is 5.98. The van der Waals surface area contributed by atoms with Gasteiger partial charge in [0.15, 0.2) is 0 Å². The van der Waals surface area contributed by atoms with Crippen LogP contribution in [0.5, 0.6) is 0 Å². The molecule has 16 heavy (non-hydrogen) atoms. The number of anilines is 1. The van der Waals surface area contributed by atoms with E-state index in [9.17, 15) is 0 Å². The Balaban J connectivity index is 2.57. The summed E-state index contributed by atoms with van der Waals surface area (Å²) in [6.45, 7) is 2.66. The van der Waals surface area contributed by atoms with Crippen LogP contribution in [0.15, 0.2) is 24.3 Å². The number of aryl methyl sites for hydroxylation is 1. The number of ether oxygens (including phenoxy) is 1. The van der Waals surface area contributed by atoms with Crippen LogP contribution in [0.3, 0.4) is 0 Å². The second-order valence-corrected chi connectivity index (χ2v) is 3.91. The summed E-state index contributed by atoms with van der Waals surface area (Å²) in [6, 6.07) is 8.00. The van der Waals surface area contributed by atoms with E-state index >= 15 is 0 Å². The first-order valence-electron chi connectivity index (χ1n) is 5.36. The number of para-hydroxylation sites is 1. The summed E-state index contributed by atoms with van der Waals surface area (Å²) >= 11 is 0. The highest BCUT2D eigenvalue weighted by Crippen LogP contribution is 2.23. The van der Waals surface area contributed by atoms with Crippen LogP contribution in [0.2, 0.25) is 0 Å². The number of nitrogens with two attached hydrogens (primary N) is 1. The number of benzene rings is 1. The van der Waals surface area contributed by atoms with Crippen LogP contribution < -0.4 is 5.73 Å². The third-order valence-corrected chi connectivity index (χ3v) is 2.66. The quantitative estimate of drug-likeness (QED) is 0.856. The Morgan fingerprint density at radius 3 is 2.94 bits per heavy atom. The lowest BCUT2D eigenvalue weighted by atomic mass is 10.1. The number of methoxy groups -OCH3 is 1. The summed E-state index contributed by atoms with van der Waals surface area (Å²) < 4.78 is 5.10. The summed E-state index contributed by atoms with van der Waals surface area (Å²) in [7, 11) is 1.71. The van der Waals surface area contributed by atoms with E-state index in [0.717, 1.165) is 28.7 Å². The summed E-state index contributed by atoms with van der Waals surface area (Å²) in [5.41, 5.74) is 9.92. The second kappa shape index (κ2) is 4.49. The van der Waals surface area contributed by atoms with Crippen LogP contribution in [0.1, 0.15) is 11.3 Å². The van der Waals surface area contributed by atoms with E-state index in [4.69, 9.17) is 10.5 Å². The van der Waals surface area contributed by atoms with Gasteiger partial charge in [-0.2, -0.15) is 0 Å². The van der Waals surface area contributed by atoms with Crippen molar-refractivity contribution in [1.29, 1.82) is 0 Å². The molecule has 0 aliphatic carbocycles. The van der Waals surface area contributed by atoms with E-state index in [1.165, 1.54) is 5.56 Å². The molecule has 0 fully saturated rings. The van der Waals surface area contributed by atoms with Crippen molar-refractivity contribution in [3.05, 3.63) is 35.5 Å². The van der Waals surface area contributed by atoms with Gasteiger partial charge in [0.25, 0.3) is 0 Å². The number of hydrogen-bond donors (Lipinski definition) is 1. The Morgan fingerprint density at radius 1 is 1.38 bits per heavy atom. The van der Waals surface area contributed by atoms with Crippen molar-refractivity contribution in [3.8, 4) is 0 Å². The first-order chi connectivity index (χ1) is 7.72. The molecule has 2 aromatic rings. The first-order valence-corrected chi connectivity index (χ1v) is 5.36. The molecular formula is C13H16N2O. The van der Waals surface area contributed by atoms with E-state index < -0.39 is 0 Å². The molecule has 3 heteroatoms. The first kappa shape index (κ1) is 10.9. The van der Waals surface area contributed by atoms with Crippen molar-refractivity contribution in [3.63, 3.8) is 0 Å². The average Bonchev–Trinajstić information content (AvgIpc) is 2.26. The maximum atomic E-state index is 5.98. The van der Waals surface area contributed by atoms with E-state index in [1.54, 1.807) is 7.11 Å². The van der Waals surface area contributed by atoms with Gasteiger partial charge in [-0.1, -0.05) is 18.2 Å². The van der Waals surface area contributed by atoms with E-state index in [2.05, 4.69) is 11.1 Å². The molecule has 0 aliphatic rings. The minimum Gasteiger partial charge on any atom is -0.398 e. The predicted molar refractivity (Wildman–Crippen MR) is 66.5 cm³/mol. The van der Waals surface area contributed by atoms with Crippen LogP contribution in [-0.4, -0.2) is 18.7 Å². The number of hydrogen-bond acceptors (Lipinski definition) is 3. The van der Waals surface area contributed by atoms with E-state index in [1.807, 2.05) is 25.1 Å². The Bertz CT molecular complexity index is 509. The SMILES string of the molecule is COCCc1cccc2c(N)cc(C)nc12. The highest BCUT2D eigenvalue weighted by Gasteiger charge is 2.05. The molecular weight excluding hydrogens is 200 g/mol. The van der Waals surface area contributed by atoms with Crippen LogP contribution in [0.25, 0.3) is 10.9 Å². The number of nitrogens with zero attached hydrogens (tertiary/aromatic N) is 1. The van der Waals surface area contributed by atoms with Crippen molar-refractivity contribution in [2.45, 2.75) is 13.3 Å². The second-order valence-electron chi connectivity index (χ2n) is 3.91. The monoisotopic (exact) mass is 216 g/mol. The molecule has 2 N–H and O–H groups in total. The van der Waals surface area contributed by atoms with Gasteiger partial charge in [0, 0.05) is 23.9 Å². The lowest BCUT2D eigenvalue weighted by Crippen LogP contribution is -1.99. The van der Waals surface area contributed by atoms with Crippen molar-refractivity contribution >= 4 is 16.6 Å². The van der Waals surface area contributed by atoms with Gasteiger partial charge in [0.2, 0.25) is 0 Å². The van der Waals surface area contributed by atoms with E-state index in [0.29, 0.717) is 6.61 Å². The van der Waals surface area contributed by atoms with Gasteiger partial charge in [-0.15, -0.1) is 0 Å². The molecule has 0 bridgehead atoms. The molecule has 0 saturated heterocycles. The van der Waals surface area contributed by atoms with Gasteiger partial charge >= 0.3 is 0 Å². The smallest absolute Gasteiger partial charge is 0.0758 e. The van der Waals surface area contributed by atoms with Crippen molar-refractivity contribution in [1.82, 2.24) is 4.98 Å². The number of aromatic nitrogens is 1. The lowest BCUT2D eigenvalue weighted by molar-refractivity contribution is 0.202. The number of rotatable bonds is 3. The van der Waals surface area contributed by atoms with Crippen molar-refractivity contribution in [2.24, 2.45) is 0 Å². The van der Waals surface area contributed by atoms with Crippen molar-refractivity contribution in [2.75, 3.05) is 19.5 Å². The fraction of sp³-hybridized carbons (Fsp3) is 0.308. The molecule has 0 spiro atoms. The number of nitrogen functional groups attached to an aromatic ring is 1. The Hall–Kier alpha value is -1.61. The zero-order valence-corrected chi connectivity index (χ0v) is 9.66. The summed E-state index contributed by atoms with van der Waals surface area (Å²) in [5, 5.41) is 1.03. The molecule has 0 atom stereocenters. The zero-order valence-electron chi connectivity index (χ0n) is 9.66. The minimum absolute atomic E-state index is 0.703. The van der Waals surface area contributed by atoms with Gasteiger partial charge in [0.1, 0.15) is 0 Å². The van der Waals surface area contributed by atoms with Gasteiger partial charge in [-0.3, -0.25) is 4.98 Å². The van der Waals surface area contributed by atoms with Gasteiger partial charge in [0.05, 0.1) is 12.1 Å². The highest BCUT2D eigenvalue weighted by atomic mass is 16.5. The van der Waals surface area contributed by atoms with Crippen LogP contribution in [0.4, 0.5) is 5.69 Å². The molecule has 0 unspecified atom stereocenters. The molecule has 0 radical (unpaired) electrons. The minimum atomic E-state index is 0.703. The largest absolute Gasteiger partial charge is 0.398 e. The van der Waals surface area contributed by atoms with Gasteiger partial charge in [-0.05, 0) is 25.0 Å². The number of fused-ring (bicyclic) bond motifs is 1. The van der Waals surface area contributed by atoms with E-state index in [-0.39, 0.29) is 0 Å². The topological polar surface area (TPSA) is 48.1 Å². The molecule has 0 amide bonds. The molecule has 84 valence electrons. The fourth-order valence-corrected chi connectivity index (χ4v) is 1.88. The normalized spacial score (nSPS) is 10.9. The standard InChI is InChI=1S/C13H16N2O/c1-9-8-12(14)11-5-3-4-10(6-7-16-2)13(11)15-9/h3-5,8H,6-7H2,1-2H3,(H2,14,15). The van der Waals surface area contributed by atoms with Gasteiger partial charge in [-0.25, -0.2) is 0 Å². The Kier molecular flexibility index (Phi) is 3.06. The third-order valence-electron chi connectivity index (χ3n) is 2.66.